The highest BCUT2D eigenvalue weighted by Crippen LogP contribution is 2.30. The van der Waals surface area contributed by atoms with E-state index in [1.165, 1.54) is 28.9 Å². The summed E-state index contributed by atoms with van der Waals surface area (Å²) in [5.74, 6) is -0.275. The number of hydrogen-bond acceptors (Lipinski definition) is 3. The molecule has 0 saturated carbocycles. The number of rotatable bonds is 4. The largest absolute Gasteiger partial charge is 0.469 e. The van der Waals surface area contributed by atoms with E-state index in [1.54, 1.807) is 11.0 Å². The highest BCUT2D eigenvalue weighted by Gasteiger charge is 2.26. The number of benzene rings is 2. The number of ether oxygens (including phenoxy) is 1. The smallest absolute Gasteiger partial charge is 0.308 e. The highest BCUT2D eigenvalue weighted by molar-refractivity contribution is 6.08. The van der Waals surface area contributed by atoms with Gasteiger partial charge in [0.15, 0.2) is 0 Å². The van der Waals surface area contributed by atoms with E-state index in [4.69, 9.17) is 4.74 Å². The van der Waals surface area contributed by atoms with E-state index in [0.29, 0.717) is 25.9 Å². The number of methoxy groups -OCH3 is 1. The summed E-state index contributed by atoms with van der Waals surface area (Å²) in [6.45, 7) is 4.25. The van der Waals surface area contributed by atoms with E-state index in [9.17, 15) is 9.59 Å². The van der Waals surface area contributed by atoms with E-state index in [1.807, 2.05) is 6.08 Å². The average molecular weight is 390 g/mol. The molecule has 0 aliphatic carbocycles. The Morgan fingerprint density at radius 3 is 2.52 bits per heavy atom. The molecule has 150 valence electrons. The van der Waals surface area contributed by atoms with Crippen LogP contribution in [0.4, 0.5) is 0 Å². The fourth-order valence-corrected chi connectivity index (χ4v) is 4.29. The average Bonchev–Trinajstić information content (AvgIpc) is 3.10. The third-order valence-electron chi connectivity index (χ3n) is 5.87. The Bertz CT molecular complexity index is 1090. The number of piperidine rings is 1. The van der Waals surface area contributed by atoms with Crippen molar-refractivity contribution in [3.05, 3.63) is 54.1 Å². The number of carbonyl (C=O) groups is 2. The molecule has 1 aliphatic rings. The zero-order valence-electron chi connectivity index (χ0n) is 16.9. The van der Waals surface area contributed by atoms with Gasteiger partial charge in [-0.25, -0.2) is 0 Å². The molecule has 1 fully saturated rings. The zero-order chi connectivity index (χ0) is 20.4. The van der Waals surface area contributed by atoms with Gasteiger partial charge in [0, 0.05) is 47.5 Å². The van der Waals surface area contributed by atoms with Crippen molar-refractivity contribution in [3.8, 4) is 0 Å². The number of esters is 1. The molecule has 0 atom stereocenters. The lowest BCUT2D eigenvalue weighted by Gasteiger charge is -2.29. The molecule has 1 saturated heterocycles. The summed E-state index contributed by atoms with van der Waals surface area (Å²) in [5, 5.41) is 2.44. The lowest BCUT2D eigenvalue weighted by molar-refractivity contribution is -0.148. The van der Waals surface area contributed by atoms with Crippen LogP contribution in [0.5, 0.6) is 0 Å². The Hall–Kier alpha value is -3.08. The van der Waals surface area contributed by atoms with Crippen molar-refractivity contribution < 1.29 is 14.3 Å². The van der Waals surface area contributed by atoms with Crippen LogP contribution in [0.1, 0.15) is 25.3 Å². The summed E-state index contributed by atoms with van der Waals surface area (Å²) in [5.41, 5.74) is 3.45. The summed E-state index contributed by atoms with van der Waals surface area (Å²) in [7, 11) is 1.41. The van der Waals surface area contributed by atoms with E-state index < -0.39 is 0 Å². The minimum atomic E-state index is -0.174. The van der Waals surface area contributed by atoms with Gasteiger partial charge < -0.3 is 14.2 Å². The number of para-hydroxylation sites is 1. The summed E-state index contributed by atoms with van der Waals surface area (Å²) in [6, 6.07) is 14.8. The number of nitrogens with zero attached hydrogens (tertiary/aromatic N) is 2. The molecule has 0 unspecified atom stereocenters. The molecule has 0 radical (unpaired) electrons. The molecule has 5 heteroatoms. The Morgan fingerprint density at radius 2 is 1.79 bits per heavy atom. The van der Waals surface area contributed by atoms with Crippen molar-refractivity contribution >= 4 is 39.8 Å². The quantitative estimate of drug-likeness (QED) is 0.495. The van der Waals surface area contributed by atoms with Gasteiger partial charge in [-0.1, -0.05) is 24.3 Å². The SMILES string of the molecule is CCn1c2ccccc2c2cc(C=CC(=O)N3CCC(C(=O)OC)CC3)ccc21. The van der Waals surface area contributed by atoms with Crippen LogP contribution in [-0.4, -0.2) is 41.5 Å². The van der Waals surface area contributed by atoms with Crippen LogP contribution < -0.4 is 0 Å². The summed E-state index contributed by atoms with van der Waals surface area (Å²) < 4.78 is 7.12. The summed E-state index contributed by atoms with van der Waals surface area (Å²) >= 11 is 0. The molecule has 3 aromatic rings. The second-order valence-electron chi connectivity index (χ2n) is 7.49. The predicted octanol–water partition coefficient (Wildman–Crippen LogP) is 4.24. The molecule has 0 bridgehead atoms. The second kappa shape index (κ2) is 8.11. The third-order valence-corrected chi connectivity index (χ3v) is 5.87. The number of carbonyl (C=O) groups excluding carboxylic acids is 2. The Kier molecular flexibility index (Phi) is 5.38. The topological polar surface area (TPSA) is 51.5 Å². The van der Waals surface area contributed by atoms with Crippen LogP contribution in [0.25, 0.3) is 27.9 Å². The standard InChI is InChI=1S/C24H26N2O3/c1-3-26-21-7-5-4-6-19(21)20-16-17(8-10-22(20)26)9-11-23(27)25-14-12-18(13-15-25)24(28)29-2/h4-11,16,18H,3,12-15H2,1-2H3. The van der Waals surface area contributed by atoms with Crippen LogP contribution in [0, 0.1) is 5.92 Å². The minimum absolute atomic E-state index is 0.00982. The van der Waals surface area contributed by atoms with E-state index in [2.05, 4.69) is 54.0 Å². The van der Waals surface area contributed by atoms with Crippen LogP contribution >= 0.6 is 0 Å². The van der Waals surface area contributed by atoms with Gasteiger partial charge in [-0.05, 0) is 49.6 Å². The van der Waals surface area contributed by atoms with Crippen LogP contribution in [0.15, 0.2) is 48.5 Å². The first kappa shape index (κ1) is 19.2. The van der Waals surface area contributed by atoms with Gasteiger partial charge in [-0.3, -0.25) is 9.59 Å². The van der Waals surface area contributed by atoms with Crippen molar-refractivity contribution in [3.63, 3.8) is 0 Å². The summed E-state index contributed by atoms with van der Waals surface area (Å²) in [6.07, 6.45) is 4.84. The van der Waals surface area contributed by atoms with Crippen molar-refractivity contribution in [1.29, 1.82) is 0 Å². The molecule has 4 rings (SSSR count). The highest BCUT2D eigenvalue weighted by atomic mass is 16.5. The van der Waals surface area contributed by atoms with Crippen molar-refractivity contribution in [2.45, 2.75) is 26.3 Å². The maximum Gasteiger partial charge on any atom is 0.308 e. The van der Waals surface area contributed by atoms with Gasteiger partial charge in [-0.2, -0.15) is 0 Å². The second-order valence-corrected chi connectivity index (χ2v) is 7.49. The van der Waals surface area contributed by atoms with Gasteiger partial charge in [0.05, 0.1) is 13.0 Å². The molecular weight excluding hydrogens is 364 g/mol. The van der Waals surface area contributed by atoms with Crippen LogP contribution in [0.3, 0.4) is 0 Å². The molecule has 5 nitrogen and oxygen atoms in total. The Balaban J connectivity index is 1.52. The first-order valence-corrected chi connectivity index (χ1v) is 10.2. The van der Waals surface area contributed by atoms with Gasteiger partial charge in [0.25, 0.3) is 0 Å². The molecule has 0 spiro atoms. The monoisotopic (exact) mass is 390 g/mol. The van der Waals surface area contributed by atoms with Crippen LogP contribution in [0.2, 0.25) is 0 Å². The molecule has 2 aromatic carbocycles. The Morgan fingerprint density at radius 1 is 1.07 bits per heavy atom. The van der Waals surface area contributed by atoms with Gasteiger partial charge in [0.2, 0.25) is 5.91 Å². The third kappa shape index (κ3) is 3.65. The first-order valence-electron chi connectivity index (χ1n) is 10.2. The number of fused-ring (bicyclic) bond motifs is 3. The maximum atomic E-state index is 12.6. The molecule has 1 amide bonds. The fourth-order valence-electron chi connectivity index (χ4n) is 4.29. The zero-order valence-corrected chi connectivity index (χ0v) is 16.9. The number of aromatic nitrogens is 1. The van der Waals surface area contributed by atoms with E-state index in [-0.39, 0.29) is 17.8 Å². The van der Waals surface area contributed by atoms with Gasteiger partial charge in [-0.15, -0.1) is 0 Å². The number of aryl methyl sites for hydroxylation is 1. The predicted molar refractivity (Wildman–Crippen MR) is 115 cm³/mol. The van der Waals surface area contributed by atoms with E-state index in [0.717, 1.165) is 12.1 Å². The molecule has 0 N–H and O–H groups in total. The van der Waals surface area contributed by atoms with Crippen molar-refractivity contribution in [1.82, 2.24) is 9.47 Å². The molecule has 1 aliphatic heterocycles. The minimum Gasteiger partial charge on any atom is -0.469 e. The Labute approximate surface area is 170 Å². The van der Waals surface area contributed by atoms with Crippen molar-refractivity contribution in [2.75, 3.05) is 20.2 Å². The maximum absolute atomic E-state index is 12.6. The van der Waals surface area contributed by atoms with Gasteiger partial charge in [0.1, 0.15) is 0 Å². The fraction of sp³-hybridized carbons (Fsp3) is 0.333. The lowest BCUT2D eigenvalue weighted by atomic mass is 9.97. The first-order chi connectivity index (χ1) is 14.1. The molecule has 29 heavy (non-hydrogen) atoms. The molecule has 2 heterocycles. The lowest BCUT2D eigenvalue weighted by Crippen LogP contribution is -2.39. The molecule has 1 aromatic heterocycles. The van der Waals surface area contributed by atoms with Crippen LogP contribution in [-0.2, 0) is 20.9 Å². The normalized spacial score (nSPS) is 15.4. The number of hydrogen-bond donors (Lipinski definition) is 0. The number of amides is 1. The molecular formula is C24H26N2O3. The number of likely N-dealkylation sites (tertiary alicyclic amines) is 1. The van der Waals surface area contributed by atoms with Gasteiger partial charge >= 0.3 is 5.97 Å². The summed E-state index contributed by atoms with van der Waals surface area (Å²) in [4.78, 5) is 26.0. The van der Waals surface area contributed by atoms with E-state index >= 15 is 0 Å². The van der Waals surface area contributed by atoms with Crippen molar-refractivity contribution in [2.24, 2.45) is 5.92 Å².